The molecular weight excluding hydrogens is 226 g/mol. The third kappa shape index (κ3) is 2.81. The first-order valence-electron chi connectivity index (χ1n) is 4.65. The number of aromatic nitrogens is 1. The van der Waals surface area contributed by atoms with Gasteiger partial charge in [-0.3, -0.25) is 0 Å². The fraction of sp³-hybridized carbons (Fsp3) is 0.182. The predicted molar refractivity (Wildman–Crippen MR) is 65.4 cm³/mol. The maximum Gasteiger partial charge on any atom is 0.150 e. The second kappa shape index (κ2) is 5.30. The van der Waals surface area contributed by atoms with Crippen LogP contribution in [-0.4, -0.2) is 22.5 Å². The van der Waals surface area contributed by atoms with Crippen molar-refractivity contribution in [3.8, 4) is 11.3 Å². The van der Waals surface area contributed by atoms with Crippen molar-refractivity contribution in [1.29, 1.82) is 0 Å². The van der Waals surface area contributed by atoms with Crippen LogP contribution in [0.15, 0.2) is 40.1 Å². The summed E-state index contributed by atoms with van der Waals surface area (Å²) in [6.07, 6.45) is 0. The molecule has 0 saturated heterocycles. The maximum atomic E-state index is 8.71. The van der Waals surface area contributed by atoms with E-state index in [0.717, 1.165) is 15.6 Å². The Labute approximate surface area is 97.0 Å². The molecule has 4 heteroatoms. The Morgan fingerprint density at radius 3 is 2.80 bits per heavy atom. The topological polar surface area (TPSA) is 33.1 Å². The van der Waals surface area contributed by atoms with Crippen LogP contribution in [0, 0.1) is 0 Å². The molecule has 1 aromatic heterocycles. The van der Waals surface area contributed by atoms with Crippen LogP contribution in [0.4, 0.5) is 0 Å². The number of nitrogens with zero attached hydrogens (tertiary/aromatic N) is 1. The molecule has 0 aliphatic carbocycles. The van der Waals surface area contributed by atoms with E-state index in [1.54, 1.807) is 23.1 Å². The van der Waals surface area contributed by atoms with E-state index >= 15 is 0 Å². The lowest BCUT2D eigenvalue weighted by Crippen LogP contribution is -1.84. The van der Waals surface area contributed by atoms with Crippen molar-refractivity contribution < 1.29 is 5.11 Å². The lowest BCUT2D eigenvalue weighted by atomic mass is 10.2. The molecule has 0 atom stereocenters. The SMILES string of the molecule is OCCSc1nc(-c2ccccc2)cs1. The zero-order valence-electron chi connectivity index (χ0n) is 8.09. The van der Waals surface area contributed by atoms with Crippen LogP contribution < -0.4 is 0 Å². The van der Waals surface area contributed by atoms with Gasteiger partial charge in [-0.1, -0.05) is 42.1 Å². The first-order chi connectivity index (χ1) is 7.40. The van der Waals surface area contributed by atoms with Gasteiger partial charge in [-0.05, 0) is 0 Å². The van der Waals surface area contributed by atoms with Gasteiger partial charge in [0, 0.05) is 16.7 Å². The molecule has 0 spiro atoms. The van der Waals surface area contributed by atoms with Gasteiger partial charge in [0.15, 0.2) is 4.34 Å². The first kappa shape index (κ1) is 10.7. The highest BCUT2D eigenvalue weighted by Crippen LogP contribution is 2.27. The number of hydrogen-bond acceptors (Lipinski definition) is 4. The quantitative estimate of drug-likeness (QED) is 0.830. The van der Waals surface area contributed by atoms with Gasteiger partial charge in [0.1, 0.15) is 0 Å². The molecule has 1 N–H and O–H groups in total. The van der Waals surface area contributed by atoms with Crippen LogP contribution in [0.2, 0.25) is 0 Å². The van der Waals surface area contributed by atoms with Gasteiger partial charge in [-0.2, -0.15) is 0 Å². The predicted octanol–water partition coefficient (Wildman–Crippen LogP) is 2.89. The van der Waals surface area contributed by atoms with Gasteiger partial charge < -0.3 is 5.11 Å². The second-order valence-electron chi connectivity index (χ2n) is 2.94. The molecular formula is C11H11NOS2. The minimum atomic E-state index is 0.199. The summed E-state index contributed by atoms with van der Waals surface area (Å²) in [6, 6.07) is 10.1. The molecule has 0 aliphatic heterocycles. The molecule has 0 saturated carbocycles. The molecule has 0 bridgehead atoms. The van der Waals surface area contributed by atoms with Crippen LogP contribution >= 0.6 is 23.1 Å². The maximum absolute atomic E-state index is 8.71. The number of benzene rings is 1. The van der Waals surface area contributed by atoms with Crippen LogP contribution in [-0.2, 0) is 0 Å². The Kier molecular flexibility index (Phi) is 3.77. The number of thiazole rings is 1. The summed E-state index contributed by atoms with van der Waals surface area (Å²) in [4.78, 5) is 4.49. The number of aliphatic hydroxyl groups excluding tert-OH is 1. The van der Waals surface area contributed by atoms with E-state index in [9.17, 15) is 0 Å². The lowest BCUT2D eigenvalue weighted by molar-refractivity contribution is 0.322. The minimum absolute atomic E-state index is 0.199. The van der Waals surface area contributed by atoms with Gasteiger partial charge in [0.25, 0.3) is 0 Å². The van der Waals surface area contributed by atoms with Crippen molar-refractivity contribution in [3.63, 3.8) is 0 Å². The summed E-state index contributed by atoms with van der Waals surface area (Å²) in [5, 5.41) is 10.8. The highest BCUT2D eigenvalue weighted by Gasteiger charge is 2.03. The summed E-state index contributed by atoms with van der Waals surface area (Å²) < 4.78 is 1.02. The van der Waals surface area contributed by atoms with E-state index in [0.29, 0.717) is 5.75 Å². The minimum Gasteiger partial charge on any atom is -0.396 e. The van der Waals surface area contributed by atoms with Gasteiger partial charge in [-0.25, -0.2) is 4.98 Å². The molecule has 0 fully saturated rings. The molecule has 0 unspecified atom stereocenters. The summed E-state index contributed by atoms with van der Waals surface area (Å²) >= 11 is 3.22. The third-order valence-electron chi connectivity index (χ3n) is 1.87. The van der Waals surface area contributed by atoms with Crippen molar-refractivity contribution >= 4 is 23.1 Å². The van der Waals surface area contributed by atoms with E-state index in [1.165, 1.54) is 0 Å². The second-order valence-corrected chi connectivity index (χ2v) is 5.14. The van der Waals surface area contributed by atoms with Gasteiger partial charge in [0.05, 0.1) is 12.3 Å². The highest BCUT2D eigenvalue weighted by molar-refractivity contribution is 8.01. The molecule has 0 radical (unpaired) electrons. The number of aliphatic hydroxyl groups is 1. The van der Waals surface area contributed by atoms with Crippen molar-refractivity contribution in [2.24, 2.45) is 0 Å². The zero-order valence-corrected chi connectivity index (χ0v) is 9.72. The lowest BCUT2D eigenvalue weighted by Gasteiger charge is -1.94. The molecule has 2 nitrogen and oxygen atoms in total. The fourth-order valence-electron chi connectivity index (χ4n) is 1.20. The van der Waals surface area contributed by atoms with Gasteiger partial charge >= 0.3 is 0 Å². The Hall–Kier alpha value is -0.840. The largest absolute Gasteiger partial charge is 0.396 e. The van der Waals surface area contributed by atoms with Crippen molar-refractivity contribution in [2.45, 2.75) is 4.34 Å². The molecule has 15 heavy (non-hydrogen) atoms. The van der Waals surface area contributed by atoms with E-state index < -0.39 is 0 Å². The number of hydrogen-bond donors (Lipinski definition) is 1. The smallest absolute Gasteiger partial charge is 0.150 e. The average Bonchev–Trinajstić information content (AvgIpc) is 2.76. The summed E-state index contributed by atoms with van der Waals surface area (Å²) in [6.45, 7) is 0.199. The van der Waals surface area contributed by atoms with Crippen molar-refractivity contribution in [2.75, 3.05) is 12.4 Å². The monoisotopic (exact) mass is 237 g/mol. The van der Waals surface area contributed by atoms with E-state index in [4.69, 9.17) is 5.11 Å². The van der Waals surface area contributed by atoms with Crippen molar-refractivity contribution in [1.82, 2.24) is 4.98 Å². The summed E-state index contributed by atoms with van der Waals surface area (Å²) in [5.41, 5.74) is 2.16. The molecule has 0 amide bonds. The molecule has 2 rings (SSSR count). The van der Waals surface area contributed by atoms with Crippen molar-refractivity contribution in [3.05, 3.63) is 35.7 Å². The van der Waals surface area contributed by atoms with E-state index in [1.807, 2.05) is 18.2 Å². The van der Waals surface area contributed by atoms with Gasteiger partial charge in [0.2, 0.25) is 0 Å². The summed E-state index contributed by atoms with van der Waals surface area (Å²) in [5.74, 6) is 0.710. The first-order valence-corrected chi connectivity index (χ1v) is 6.51. The average molecular weight is 237 g/mol. The summed E-state index contributed by atoms with van der Waals surface area (Å²) in [7, 11) is 0. The van der Waals surface area contributed by atoms with E-state index in [2.05, 4.69) is 22.5 Å². The molecule has 2 aromatic rings. The molecule has 1 aromatic carbocycles. The number of thioether (sulfide) groups is 1. The highest BCUT2D eigenvalue weighted by atomic mass is 32.2. The Balaban J connectivity index is 2.14. The Bertz CT molecular complexity index is 414. The normalized spacial score (nSPS) is 10.5. The van der Waals surface area contributed by atoms with E-state index in [-0.39, 0.29) is 6.61 Å². The standard InChI is InChI=1S/C11H11NOS2/c13-6-7-14-11-12-10(8-15-11)9-4-2-1-3-5-9/h1-5,8,13H,6-7H2. The third-order valence-corrected chi connectivity index (χ3v) is 3.87. The van der Waals surface area contributed by atoms with Crippen LogP contribution in [0.5, 0.6) is 0 Å². The van der Waals surface area contributed by atoms with Crippen LogP contribution in [0.3, 0.4) is 0 Å². The Morgan fingerprint density at radius 2 is 2.07 bits per heavy atom. The fourth-order valence-corrected chi connectivity index (χ4v) is 2.85. The zero-order chi connectivity index (χ0) is 10.5. The van der Waals surface area contributed by atoms with Gasteiger partial charge in [-0.15, -0.1) is 11.3 Å². The molecule has 78 valence electrons. The molecule has 0 aliphatic rings. The van der Waals surface area contributed by atoms with Crippen LogP contribution in [0.25, 0.3) is 11.3 Å². The Morgan fingerprint density at radius 1 is 1.27 bits per heavy atom. The van der Waals surface area contributed by atoms with Crippen LogP contribution in [0.1, 0.15) is 0 Å². The number of rotatable bonds is 4. The molecule has 1 heterocycles.